The minimum Gasteiger partial charge on any atom is -0.493 e. The van der Waals surface area contributed by atoms with Gasteiger partial charge in [-0.05, 0) is 37.6 Å². The maximum Gasteiger partial charge on any atom is 0.339 e. The van der Waals surface area contributed by atoms with Crippen molar-refractivity contribution in [1.29, 1.82) is 0 Å². The fourth-order valence-corrected chi connectivity index (χ4v) is 3.53. The predicted molar refractivity (Wildman–Crippen MR) is 92.8 cm³/mol. The van der Waals surface area contributed by atoms with Gasteiger partial charge < -0.3 is 13.7 Å². The van der Waals surface area contributed by atoms with Gasteiger partial charge in [0.2, 0.25) is 5.75 Å². The molecule has 24 heavy (non-hydrogen) atoms. The second kappa shape index (κ2) is 7.32. The zero-order chi connectivity index (χ0) is 17.9. The Bertz CT molecular complexity index is 829. The van der Waals surface area contributed by atoms with Crippen LogP contribution in [0.2, 0.25) is 0 Å². The molecule has 2 aromatic rings. The van der Waals surface area contributed by atoms with Crippen LogP contribution in [0.15, 0.2) is 35.2 Å². The van der Waals surface area contributed by atoms with Gasteiger partial charge in [-0.1, -0.05) is 17.7 Å². The van der Waals surface area contributed by atoms with Gasteiger partial charge in [0, 0.05) is 5.56 Å². The second-order valence-corrected chi connectivity index (χ2v) is 7.03. The molecule has 5 nitrogen and oxygen atoms in total. The molecular formula is C17H19ClO5S. The third kappa shape index (κ3) is 3.60. The number of methoxy groups -OCH3 is 2. The highest BCUT2D eigenvalue weighted by Crippen LogP contribution is 2.43. The molecule has 2 rings (SSSR count). The largest absolute Gasteiger partial charge is 0.493 e. The van der Waals surface area contributed by atoms with E-state index >= 15 is 0 Å². The SMILES string of the molecule is COc1cc(C)c(CCl)c(OS(=O)(=O)c2ccc(C)cc2)c1OC. The van der Waals surface area contributed by atoms with Crippen LogP contribution in [0.5, 0.6) is 17.2 Å². The van der Waals surface area contributed by atoms with Crippen molar-refractivity contribution in [2.24, 2.45) is 0 Å². The molecule has 130 valence electrons. The summed E-state index contributed by atoms with van der Waals surface area (Å²) < 4.78 is 41.1. The van der Waals surface area contributed by atoms with E-state index in [4.69, 9.17) is 25.3 Å². The zero-order valence-electron chi connectivity index (χ0n) is 13.9. The van der Waals surface area contributed by atoms with Crippen molar-refractivity contribution in [1.82, 2.24) is 0 Å². The molecule has 0 spiro atoms. The quantitative estimate of drug-likeness (QED) is 0.571. The third-order valence-corrected chi connectivity index (χ3v) is 5.09. The topological polar surface area (TPSA) is 61.8 Å². The zero-order valence-corrected chi connectivity index (χ0v) is 15.5. The number of ether oxygens (including phenoxy) is 2. The normalized spacial score (nSPS) is 11.2. The van der Waals surface area contributed by atoms with E-state index in [1.807, 2.05) is 6.92 Å². The lowest BCUT2D eigenvalue weighted by molar-refractivity contribution is 0.341. The number of alkyl halides is 1. The number of benzene rings is 2. The first-order chi connectivity index (χ1) is 11.3. The van der Waals surface area contributed by atoms with Crippen LogP contribution in [0.25, 0.3) is 0 Å². The average molecular weight is 371 g/mol. The highest BCUT2D eigenvalue weighted by Gasteiger charge is 2.25. The van der Waals surface area contributed by atoms with E-state index in [-0.39, 0.29) is 22.3 Å². The van der Waals surface area contributed by atoms with Crippen LogP contribution in [0.4, 0.5) is 0 Å². The molecule has 0 N–H and O–H groups in total. The summed E-state index contributed by atoms with van der Waals surface area (Å²) in [7, 11) is -1.15. The van der Waals surface area contributed by atoms with E-state index in [0.29, 0.717) is 11.3 Å². The first-order valence-corrected chi connectivity index (χ1v) is 9.10. The second-order valence-electron chi connectivity index (χ2n) is 5.22. The van der Waals surface area contributed by atoms with E-state index in [0.717, 1.165) is 11.1 Å². The molecule has 0 atom stereocenters. The van der Waals surface area contributed by atoms with Crippen LogP contribution < -0.4 is 13.7 Å². The highest BCUT2D eigenvalue weighted by molar-refractivity contribution is 7.87. The van der Waals surface area contributed by atoms with Crippen LogP contribution in [-0.2, 0) is 16.0 Å². The molecule has 0 aliphatic rings. The van der Waals surface area contributed by atoms with Crippen molar-refractivity contribution in [2.75, 3.05) is 14.2 Å². The van der Waals surface area contributed by atoms with Crippen molar-refractivity contribution in [3.63, 3.8) is 0 Å². The number of rotatable bonds is 6. The Morgan fingerprint density at radius 3 is 2.12 bits per heavy atom. The minimum absolute atomic E-state index is 0.0462. The summed E-state index contributed by atoms with van der Waals surface area (Å²) >= 11 is 5.99. The van der Waals surface area contributed by atoms with Crippen molar-refractivity contribution in [3.05, 3.63) is 47.0 Å². The minimum atomic E-state index is -4.03. The summed E-state index contributed by atoms with van der Waals surface area (Å²) in [6.07, 6.45) is 0. The Balaban J connectivity index is 2.59. The molecule has 0 fully saturated rings. The number of hydrogen-bond acceptors (Lipinski definition) is 5. The van der Waals surface area contributed by atoms with Crippen LogP contribution in [-0.4, -0.2) is 22.6 Å². The van der Waals surface area contributed by atoms with E-state index < -0.39 is 10.1 Å². The maximum atomic E-state index is 12.6. The number of halogens is 1. The molecule has 0 aliphatic heterocycles. The molecule has 0 bridgehead atoms. The third-order valence-electron chi connectivity index (χ3n) is 3.59. The summed E-state index contributed by atoms with van der Waals surface area (Å²) in [5, 5.41) is 0. The standard InChI is InChI=1S/C17H19ClO5S/c1-11-5-7-13(8-6-11)24(19,20)23-16-14(10-18)12(2)9-15(21-3)17(16)22-4/h5-9H,10H2,1-4H3. The molecule has 0 aromatic heterocycles. The fourth-order valence-electron chi connectivity index (χ4n) is 2.24. The first-order valence-electron chi connectivity index (χ1n) is 7.15. The van der Waals surface area contributed by atoms with Crippen LogP contribution in [0.1, 0.15) is 16.7 Å². The molecule has 0 amide bonds. The molecule has 0 aliphatic carbocycles. The van der Waals surface area contributed by atoms with Crippen LogP contribution >= 0.6 is 11.6 Å². The highest BCUT2D eigenvalue weighted by atomic mass is 35.5. The summed E-state index contributed by atoms with van der Waals surface area (Å²) in [6.45, 7) is 3.67. The van der Waals surface area contributed by atoms with E-state index in [9.17, 15) is 8.42 Å². The monoisotopic (exact) mass is 370 g/mol. The van der Waals surface area contributed by atoms with Crippen molar-refractivity contribution >= 4 is 21.7 Å². The summed E-state index contributed by atoms with van der Waals surface area (Å²) in [5.41, 5.74) is 2.23. The van der Waals surface area contributed by atoms with Crippen molar-refractivity contribution in [2.45, 2.75) is 24.6 Å². The van der Waals surface area contributed by atoms with Gasteiger partial charge in [-0.25, -0.2) is 0 Å². The molecule has 0 unspecified atom stereocenters. The molecule has 0 saturated heterocycles. The van der Waals surface area contributed by atoms with Gasteiger partial charge in [0.1, 0.15) is 4.90 Å². The maximum absolute atomic E-state index is 12.6. The Morgan fingerprint density at radius 1 is 1.00 bits per heavy atom. The van der Waals surface area contributed by atoms with Gasteiger partial charge >= 0.3 is 10.1 Å². The summed E-state index contributed by atoms with van der Waals surface area (Å²) in [4.78, 5) is 0.0520. The van der Waals surface area contributed by atoms with E-state index in [1.54, 1.807) is 25.1 Å². The predicted octanol–water partition coefficient (Wildman–Crippen LogP) is 3.83. The van der Waals surface area contributed by atoms with Crippen molar-refractivity contribution < 1.29 is 22.1 Å². The lowest BCUT2D eigenvalue weighted by atomic mass is 10.1. The van der Waals surface area contributed by atoms with Gasteiger partial charge in [-0.15, -0.1) is 11.6 Å². The number of hydrogen-bond donors (Lipinski definition) is 0. The lowest BCUT2D eigenvalue weighted by Crippen LogP contribution is -2.12. The Labute approximate surface area is 147 Å². The van der Waals surface area contributed by atoms with E-state index in [2.05, 4.69) is 0 Å². The van der Waals surface area contributed by atoms with Gasteiger partial charge in [0.05, 0.1) is 20.1 Å². The Morgan fingerprint density at radius 2 is 1.62 bits per heavy atom. The van der Waals surface area contributed by atoms with E-state index in [1.165, 1.54) is 26.4 Å². The average Bonchev–Trinajstić information content (AvgIpc) is 2.54. The van der Waals surface area contributed by atoms with Crippen LogP contribution in [0, 0.1) is 13.8 Å². The molecule has 0 radical (unpaired) electrons. The van der Waals surface area contributed by atoms with Crippen LogP contribution in [0.3, 0.4) is 0 Å². The molecule has 0 heterocycles. The van der Waals surface area contributed by atoms with Gasteiger partial charge in [-0.3, -0.25) is 0 Å². The summed E-state index contributed by atoms with van der Waals surface area (Å²) in [6, 6.07) is 8.11. The Kier molecular flexibility index (Phi) is 5.62. The van der Waals surface area contributed by atoms with Gasteiger partial charge in [0.25, 0.3) is 0 Å². The number of aryl methyl sites for hydroxylation is 2. The Hall–Kier alpha value is -1.92. The van der Waals surface area contributed by atoms with Crippen molar-refractivity contribution in [3.8, 4) is 17.2 Å². The summed E-state index contributed by atoms with van der Waals surface area (Å²) in [5.74, 6) is 0.683. The van der Waals surface area contributed by atoms with Gasteiger partial charge in [0.15, 0.2) is 11.5 Å². The molecule has 0 saturated carbocycles. The fraction of sp³-hybridized carbons (Fsp3) is 0.294. The first kappa shape index (κ1) is 18.4. The molecular weight excluding hydrogens is 352 g/mol. The lowest BCUT2D eigenvalue weighted by Gasteiger charge is -2.18. The molecule has 7 heteroatoms. The smallest absolute Gasteiger partial charge is 0.339 e. The van der Waals surface area contributed by atoms with Gasteiger partial charge in [-0.2, -0.15) is 8.42 Å². The molecule has 2 aromatic carbocycles.